The van der Waals surface area contributed by atoms with Gasteiger partial charge in [-0.1, -0.05) is 12.8 Å². The minimum Gasteiger partial charge on any atom is -0.339 e. The van der Waals surface area contributed by atoms with Crippen LogP contribution in [0.2, 0.25) is 0 Å². The first-order valence-corrected chi connectivity index (χ1v) is 6.43. The van der Waals surface area contributed by atoms with E-state index in [1.54, 1.807) is 0 Å². The topological polar surface area (TPSA) is 35.6 Å². The summed E-state index contributed by atoms with van der Waals surface area (Å²) in [6.07, 6.45) is 4.04. The Morgan fingerprint density at radius 1 is 1.25 bits per heavy atom. The molecule has 1 aliphatic carbocycles. The summed E-state index contributed by atoms with van der Waals surface area (Å²) in [6, 6.07) is 0. The predicted octanol–water partition coefficient (Wildman–Crippen LogP) is 0.150. The average molecular weight is 225 g/mol. The second kappa shape index (κ2) is 5.64. The number of hydrogen-bond acceptors (Lipinski definition) is 3. The van der Waals surface area contributed by atoms with Crippen molar-refractivity contribution in [3.05, 3.63) is 0 Å². The summed E-state index contributed by atoms with van der Waals surface area (Å²) in [5, 5.41) is 3.26. The molecule has 0 spiro atoms. The summed E-state index contributed by atoms with van der Waals surface area (Å²) in [5.74, 6) is 1.22. The van der Waals surface area contributed by atoms with Crippen LogP contribution in [-0.4, -0.2) is 62.0 Å². The van der Waals surface area contributed by atoms with E-state index in [4.69, 9.17) is 0 Å². The number of nitrogens with zero attached hydrogens (tertiary/aromatic N) is 2. The lowest BCUT2D eigenvalue weighted by Gasteiger charge is -2.32. The summed E-state index contributed by atoms with van der Waals surface area (Å²) in [4.78, 5) is 16.1. The van der Waals surface area contributed by atoms with Gasteiger partial charge in [0, 0.05) is 26.2 Å². The molecule has 1 heterocycles. The third-order valence-corrected chi connectivity index (χ3v) is 3.56. The van der Waals surface area contributed by atoms with Crippen LogP contribution in [0.5, 0.6) is 0 Å². The Morgan fingerprint density at radius 2 is 1.94 bits per heavy atom. The number of likely N-dealkylation sites (N-methyl/N-ethyl adjacent to an activating group) is 1. The lowest BCUT2D eigenvalue weighted by Crippen LogP contribution is -2.49. The van der Waals surface area contributed by atoms with Gasteiger partial charge in [0.2, 0.25) is 5.91 Å². The van der Waals surface area contributed by atoms with Gasteiger partial charge in [-0.25, -0.2) is 0 Å². The van der Waals surface area contributed by atoms with Crippen LogP contribution in [0.4, 0.5) is 0 Å². The van der Waals surface area contributed by atoms with E-state index in [-0.39, 0.29) is 5.91 Å². The molecule has 0 atom stereocenters. The van der Waals surface area contributed by atoms with Crippen molar-refractivity contribution in [3.63, 3.8) is 0 Å². The van der Waals surface area contributed by atoms with E-state index in [9.17, 15) is 4.79 Å². The molecule has 16 heavy (non-hydrogen) atoms. The number of carbonyl (C=O) groups excluding carboxylic acids is 1. The van der Waals surface area contributed by atoms with Gasteiger partial charge in [-0.2, -0.15) is 0 Å². The van der Waals surface area contributed by atoms with E-state index in [0.717, 1.165) is 38.6 Å². The number of carbonyl (C=O) groups is 1. The average Bonchev–Trinajstić information content (AvgIpc) is 3.09. The van der Waals surface area contributed by atoms with Crippen molar-refractivity contribution in [3.8, 4) is 0 Å². The van der Waals surface area contributed by atoms with Crippen LogP contribution in [0.25, 0.3) is 0 Å². The first-order valence-electron chi connectivity index (χ1n) is 6.43. The lowest BCUT2D eigenvalue weighted by molar-refractivity contribution is -0.131. The Bertz CT molecular complexity index is 232. The quantitative estimate of drug-likeness (QED) is 0.677. The van der Waals surface area contributed by atoms with Gasteiger partial charge in [0.15, 0.2) is 0 Å². The van der Waals surface area contributed by atoms with E-state index in [1.807, 2.05) is 4.90 Å². The van der Waals surface area contributed by atoms with Crippen molar-refractivity contribution >= 4 is 5.91 Å². The fourth-order valence-corrected chi connectivity index (χ4v) is 2.08. The number of amides is 1. The molecule has 4 heteroatoms. The second-order valence-corrected chi connectivity index (χ2v) is 5.09. The van der Waals surface area contributed by atoms with Gasteiger partial charge in [0.05, 0.1) is 6.54 Å². The summed E-state index contributed by atoms with van der Waals surface area (Å²) in [6.45, 7) is 5.32. The molecule has 1 saturated carbocycles. The molecule has 1 aliphatic heterocycles. The van der Waals surface area contributed by atoms with E-state index in [2.05, 4.69) is 17.3 Å². The van der Waals surface area contributed by atoms with Crippen LogP contribution in [-0.2, 0) is 4.79 Å². The molecule has 4 nitrogen and oxygen atoms in total. The van der Waals surface area contributed by atoms with Crippen molar-refractivity contribution in [2.45, 2.75) is 19.3 Å². The predicted molar refractivity (Wildman–Crippen MR) is 64.3 cm³/mol. The third kappa shape index (κ3) is 3.76. The van der Waals surface area contributed by atoms with Crippen LogP contribution in [0.1, 0.15) is 19.3 Å². The fourth-order valence-electron chi connectivity index (χ4n) is 2.08. The van der Waals surface area contributed by atoms with E-state index in [1.165, 1.54) is 19.3 Å². The summed E-state index contributed by atoms with van der Waals surface area (Å²) < 4.78 is 0. The first-order chi connectivity index (χ1) is 7.75. The van der Waals surface area contributed by atoms with Gasteiger partial charge < -0.3 is 15.1 Å². The van der Waals surface area contributed by atoms with E-state index in [0.29, 0.717) is 6.54 Å². The summed E-state index contributed by atoms with van der Waals surface area (Å²) in [5.41, 5.74) is 0. The zero-order valence-electron chi connectivity index (χ0n) is 10.2. The Labute approximate surface area is 98.0 Å². The molecule has 0 aromatic rings. The third-order valence-electron chi connectivity index (χ3n) is 3.56. The van der Waals surface area contributed by atoms with E-state index < -0.39 is 0 Å². The summed E-state index contributed by atoms with van der Waals surface area (Å²) >= 11 is 0. The SMILES string of the molecule is CN1CCN(C(=O)CNCCC2CC2)CC1. The molecule has 2 rings (SSSR count). The lowest BCUT2D eigenvalue weighted by atomic mass is 10.3. The first kappa shape index (κ1) is 11.9. The molecular weight excluding hydrogens is 202 g/mol. The maximum absolute atomic E-state index is 11.8. The van der Waals surface area contributed by atoms with Crippen molar-refractivity contribution in [2.75, 3.05) is 46.3 Å². The van der Waals surface area contributed by atoms with Crippen LogP contribution in [0, 0.1) is 5.92 Å². The maximum atomic E-state index is 11.8. The Kier molecular flexibility index (Phi) is 4.18. The van der Waals surface area contributed by atoms with Crippen molar-refractivity contribution in [2.24, 2.45) is 5.92 Å². The highest BCUT2D eigenvalue weighted by molar-refractivity contribution is 5.78. The molecule has 0 bridgehead atoms. The number of rotatable bonds is 5. The molecule has 1 amide bonds. The minimum absolute atomic E-state index is 0.267. The van der Waals surface area contributed by atoms with Gasteiger partial charge in [-0.05, 0) is 25.9 Å². The normalized spacial score (nSPS) is 22.4. The molecule has 2 aliphatic rings. The molecule has 1 saturated heterocycles. The molecule has 0 aromatic heterocycles. The smallest absolute Gasteiger partial charge is 0.236 e. The molecule has 0 unspecified atom stereocenters. The Balaban J connectivity index is 1.55. The number of piperazine rings is 1. The largest absolute Gasteiger partial charge is 0.339 e. The van der Waals surface area contributed by atoms with Gasteiger partial charge in [-0.3, -0.25) is 4.79 Å². The zero-order chi connectivity index (χ0) is 11.4. The molecule has 0 radical (unpaired) electrons. The molecule has 0 aromatic carbocycles. The van der Waals surface area contributed by atoms with E-state index >= 15 is 0 Å². The highest BCUT2D eigenvalue weighted by atomic mass is 16.2. The van der Waals surface area contributed by atoms with Gasteiger partial charge >= 0.3 is 0 Å². The monoisotopic (exact) mass is 225 g/mol. The molecular formula is C12H23N3O. The Hall–Kier alpha value is -0.610. The van der Waals surface area contributed by atoms with Gasteiger partial charge in [0.1, 0.15) is 0 Å². The molecule has 92 valence electrons. The highest BCUT2D eigenvalue weighted by Crippen LogP contribution is 2.31. The maximum Gasteiger partial charge on any atom is 0.236 e. The van der Waals surface area contributed by atoms with Crippen LogP contribution >= 0.6 is 0 Å². The molecule has 1 N–H and O–H groups in total. The van der Waals surface area contributed by atoms with Crippen molar-refractivity contribution in [1.82, 2.24) is 15.1 Å². The fraction of sp³-hybridized carbons (Fsp3) is 0.917. The summed E-state index contributed by atoms with van der Waals surface area (Å²) in [7, 11) is 2.11. The zero-order valence-corrected chi connectivity index (χ0v) is 10.2. The standard InChI is InChI=1S/C12H23N3O/c1-14-6-8-15(9-7-14)12(16)10-13-5-4-11-2-3-11/h11,13H,2-10H2,1H3. The minimum atomic E-state index is 0.267. The second-order valence-electron chi connectivity index (χ2n) is 5.09. The molecule has 2 fully saturated rings. The Morgan fingerprint density at radius 3 is 2.56 bits per heavy atom. The number of hydrogen-bond donors (Lipinski definition) is 1. The van der Waals surface area contributed by atoms with Gasteiger partial charge in [-0.15, -0.1) is 0 Å². The van der Waals surface area contributed by atoms with Gasteiger partial charge in [0.25, 0.3) is 0 Å². The van der Waals surface area contributed by atoms with Crippen molar-refractivity contribution in [1.29, 1.82) is 0 Å². The van der Waals surface area contributed by atoms with Crippen LogP contribution in [0.15, 0.2) is 0 Å². The highest BCUT2D eigenvalue weighted by Gasteiger charge is 2.21. The van der Waals surface area contributed by atoms with Crippen LogP contribution in [0.3, 0.4) is 0 Å². The van der Waals surface area contributed by atoms with Crippen molar-refractivity contribution < 1.29 is 4.79 Å². The van der Waals surface area contributed by atoms with Crippen LogP contribution < -0.4 is 5.32 Å². The number of nitrogens with one attached hydrogen (secondary N) is 1.